The fourth-order valence-electron chi connectivity index (χ4n) is 2.47. The Morgan fingerprint density at radius 2 is 1.94 bits per heavy atom. The Kier molecular flexibility index (Phi) is 3.07. The molecule has 1 aromatic carbocycles. The lowest BCUT2D eigenvalue weighted by atomic mass is 9.86. The zero-order valence-corrected chi connectivity index (χ0v) is 11.0. The number of rotatable bonds is 1. The van der Waals surface area contributed by atoms with Gasteiger partial charge in [-0.25, -0.2) is 0 Å². The van der Waals surface area contributed by atoms with Gasteiger partial charge in [0.15, 0.2) is 0 Å². The van der Waals surface area contributed by atoms with E-state index in [-0.39, 0.29) is 0 Å². The molecule has 0 saturated heterocycles. The standard InChI is InChI=1S/C15H23N/c1-15(2,3)10-12-5-6-14-11-16(4)8-7-13(14)9-12/h5-6,9H,7-8,10-11H2,1-4H3. The van der Waals surface area contributed by atoms with E-state index in [0.29, 0.717) is 5.41 Å². The van der Waals surface area contributed by atoms with Gasteiger partial charge in [0.1, 0.15) is 0 Å². The number of benzene rings is 1. The summed E-state index contributed by atoms with van der Waals surface area (Å²) >= 11 is 0. The van der Waals surface area contributed by atoms with E-state index in [4.69, 9.17) is 0 Å². The predicted molar refractivity (Wildman–Crippen MR) is 69.6 cm³/mol. The largest absolute Gasteiger partial charge is 0.302 e. The van der Waals surface area contributed by atoms with Crippen molar-refractivity contribution in [2.75, 3.05) is 13.6 Å². The molecule has 0 amide bonds. The van der Waals surface area contributed by atoms with Gasteiger partial charge in [-0.2, -0.15) is 0 Å². The Labute approximate surface area is 99.5 Å². The van der Waals surface area contributed by atoms with Crippen LogP contribution in [-0.4, -0.2) is 18.5 Å². The maximum atomic E-state index is 2.42. The first-order chi connectivity index (χ1) is 7.44. The van der Waals surface area contributed by atoms with Crippen LogP contribution in [0.1, 0.15) is 37.5 Å². The van der Waals surface area contributed by atoms with Gasteiger partial charge in [-0.3, -0.25) is 0 Å². The molecule has 0 radical (unpaired) electrons. The van der Waals surface area contributed by atoms with E-state index in [1.54, 1.807) is 5.56 Å². The lowest BCUT2D eigenvalue weighted by Crippen LogP contribution is -2.26. The third kappa shape index (κ3) is 2.85. The molecule has 0 atom stereocenters. The smallest absolute Gasteiger partial charge is 0.0233 e. The summed E-state index contributed by atoms with van der Waals surface area (Å²) in [5.74, 6) is 0. The Morgan fingerprint density at radius 3 is 2.62 bits per heavy atom. The summed E-state index contributed by atoms with van der Waals surface area (Å²) in [5.41, 5.74) is 4.97. The highest BCUT2D eigenvalue weighted by Crippen LogP contribution is 2.24. The van der Waals surface area contributed by atoms with Crippen molar-refractivity contribution in [1.29, 1.82) is 0 Å². The monoisotopic (exact) mass is 217 g/mol. The van der Waals surface area contributed by atoms with Crippen molar-refractivity contribution < 1.29 is 0 Å². The van der Waals surface area contributed by atoms with Gasteiger partial charge in [0.2, 0.25) is 0 Å². The van der Waals surface area contributed by atoms with Gasteiger partial charge in [-0.1, -0.05) is 39.0 Å². The highest BCUT2D eigenvalue weighted by atomic mass is 15.1. The lowest BCUT2D eigenvalue weighted by molar-refractivity contribution is 0.312. The molecule has 16 heavy (non-hydrogen) atoms. The van der Waals surface area contributed by atoms with Gasteiger partial charge in [0, 0.05) is 13.1 Å². The highest BCUT2D eigenvalue weighted by Gasteiger charge is 2.15. The van der Waals surface area contributed by atoms with Crippen molar-refractivity contribution in [1.82, 2.24) is 4.90 Å². The summed E-state index contributed by atoms with van der Waals surface area (Å²) in [6.07, 6.45) is 2.39. The molecule has 0 fully saturated rings. The van der Waals surface area contributed by atoms with E-state index in [1.807, 2.05) is 0 Å². The van der Waals surface area contributed by atoms with Gasteiger partial charge in [-0.15, -0.1) is 0 Å². The Morgan fingerprint density at radius 1 is 1.19 bits per heavy atom. The molecule has 0 N–H and O–H groups in total. The molecule has 1 aromatic rings. The van der Waals surface area contributed by atoms with Crippen molar-refractivity contribution in [3.05, 3.63) is 34.9 Å². The Bertz CT molecular complexity index is 374. The molecule has 0 unspecified atom stereocenters. The minimum Gasteiger partial charge on any atom is -0.302 e. The second kappa shape index (κ2) is 4.21. The van der Waals surface area contributed by atoms with Gasteiger partial charge >= 0.3 is 0 Å². The highest BCUT2D eigenvalue weighted by molar-refractivity contribution is 5.34. The molecule has 0 spiro atoms. The van der Waals surface area contributed by atoms with Crippen LogP contribution in [0.2, 0.25) is 0 Å². The molecule has 0 aliphatic carbocycles. The fraction of sp³-hybridized carbons (Fsp3) is 0.600. The van der Waals surface area contributed by atoms with Crippen LogP contribution in [0.3, 0.4) is 0 Å². The maximum Gasteiger partial charge on any atom is 0.0233 e. The first-order valence-corrected chi connectivity index (χ1v) is 6.23. The van der Waals surface area contributed by atoms with Crippen molar-refractivity contribution in [2.45, 2.75) is 40.2 Å². The molecular formula is C15H23N. The van der Waals surface area contributed by atoms with Crippen molar-refractivity contribution in [3.8, 4) is 0 Å². The van der Waals surface area contributed by atoms with E-state index in [2.05, 4.69) is 50.9 Å². The summed E-state index contributed by atoms with van der Waals surface area (Å²) < 4.78 is 0. The van der Waals surface area contributed by atoms with Gasteiger partial charge in [0.05, 0.1) is 0 Å². The first-order valence-electron chi connectivity index (χ1n) is 6.23. The summed E-state index contributed by atoms with van der Waals surface area (Å²) in [6.45, 7) is 9.23. The average molecular weight is 217 g/mol. The van der Waals surface area contributed by atoms with Crippen LogP contribution < -0.4 is 0 Å². The second-order valence-corrected chi connectivity index (χ2v) is 6.33. The third-order valence-electron chi connectivity index (χ3n) is 3.21. The van der Waals surface area contributed by atoms with Gasteiger partial charge < -0.3 is 4.90 Å². The van der Waals surface area contributed by atoms with Crippen molar-refractivity contribution in [3.63, 3.8) is 0 Å². The van der Waals surface area contributed by atoms with Gasteiger partial charge in [0.25, 0.3) is 0 Å². The number of fused-ring (bicyclic) bond motifs is 1. The summed E-state index contributed by atoms with van der Waals surface area (Å²) in [6, 6.07) is 7.06. The van der Waals surface area contributed by atoms with E-state index >= 15 is 0 Å². The number of hydrogen-bond acceptors (Lipinski definition) is 1. The van der Waals surface area contributed by atoms with Crippen LogP contribution >= 0.6 is 0 Å². The molecule has 1 heterocycles. The molecular weight excluding hydrogens is 194 g/mol. The topological polar surface area (TPSA) is 3.24 Å². The molecule has 1 nitrogen and oxygen atoms in total. The van der Waals surface area contributed by atoms with E-state index < -0.39 is 0 Å². The molecule has 1 aliphatic heterocycles. The molecule has 0 saturated carbocycles. The Balaban J connectivity index is 2.20. The van der Waals surface area contributed by atoms with E-state index in [0.717, 1.165) is 6.54 Å². The summed E-state index contributed by atoms with van der Waals surface area (Å²) in [7, 11) is 2.20. The SMILES string of the molecule is CN1CCc2cc(CC(C)(C)C)ccc2C1. The zero-order valence-electron chi connectivity index (χ0n) is 11.0. The fourth-order valence-corrected chi connectivity index (χ4v) is 2.47. The zero-order chi connectivity index (χ0) is 11.8. The second-order valence-electron chi connectivity index (χ2n) is 6.33. The lowest BCUT2D eigenvalue weighted by Gasteiger charge is -2.26. The maximum absolute atomic E-state index is 2.42. The molecule has 0 bridgehead atoms. The molecule has 1 heteroatoms. The van der Waals surface area contributed by atoms with Crippen LogP contribution in [0, 0.1) is 5.41 Å². The normalized spacial score (nSPS) is 17.2. The van der Waals surface area contributed by atoms with Crippen molar-refractivity contribution >= 4 is 0 Å². The first kappa shape index (κ1) is 11.7. The minimum absolute atomic E-state index is 0.389. The number of nitrogens with zero attached hydrogens (tertiary/aromatic N) is 1. The van der Waals surface area contributed by atoms with E-state index in [1.165, 1.54) is 30.5 Å². The summed E-state index contributed by atoms with van der Waals surface area (Å²) in [5, 5.41) is 0. The number of likely N-dealkylation sites (N-methyl/N-ethyl adjacent to an activating group) is 1. The van der Waals surface area contributed by atoms with E-state index in [9.17, 15) is 0 Å². The van der Waals surface area contributed by atoms with Crippen molar-refractivity contribution in [2.24, 2.45) is 5.41 Å². The number of hydrogen-bond donors (Lipinski definition) is 0. The van der Waals surface area contributed by atoms with Crippen LogP contribution in [0.4, 0.5) is 0 Å². The van der Waals surface area contributed by atoms with Crippen LogP contribution in [0.5, 0.6) is 0 Å². The van der Waals surface area contributed by atoms with Crippen LogP contribution in [-0.2, 0) is 19.4 Å². The van der Waals surface area contributed by atoms with Gasteiger partial charge in [-0.05, 0) is 42.0 Å². The summed E-state index contributed by atoms with van der Waals surface area (Å²) in [4.78, 5) is 2.39. The molecule has 2 rings (SSSR count). The molecule has 88 valence electrons. The minimum atomic E-state index is 0.389. The average Bonchev–Trinajstić information content (AvgIpc) is 2.16. The predicted octanol–water partition coefficient (Wildman–Crippen LogP) is 3.26. The Hall–Kier alpha value is -0.820. The third-order valence-corrected chi connectivity index (χ3v) is 3.21. The quantitative estimate of drug-likeness (QED) is 0.698. The molecule has 1 aliphatic rings. The van der Waals surface area contributed by atoms with Crippen LogP contribution in [0.25, 0.3) is 0 Å². The molecule has 0 aromatic heterocycles. The van der Waals surface area contributed by atoms with Crippen LogP contribution in [0.15, 0.2) is 18.2 Å².